The first kappa shape index (κ1) is 35.8. The average molecular weight is 694 g/mol. The molecule has 264 valence electrons. The van der Waals surface area contributed by atoms with Gasteiger partial charge < -0.3 is 29.9 Å². The van der Waals surface area contributed by atoms with E-state index in [1.165, 1.54) is 12.1 Å². The molecule has 0 saturated carbocycles. The molecule has 0 bridgehead atoms. The number of nitrogens with one attached hydrogen (secondary N) is 2. The number of piperazine rings is 1. The Morgan fingerprint density at radius 1 is 0.776 bits per heavy atom. The summed E-state index contributed by atoms with van der Waals surface area (Å²) in [6, 6.07) is 12.8. The van der Waals surface area contributed by atoms with E-state index in [1.54, 1.807) is 13.2 Å². The summed E-state index contributed by atoms with van der Waals surface area (Å²) in [5.41, 5.74) is -2.29. The van der Waals surface area contributed by atoms with Gasteiger partial charge in [0, 0.05) is 62.8 Å². The number of carbonyl (C=O) groups is 2. The van der Waals surface area contributed by atoms with Gasteiger partial charge in [0.25, 0.3) is 11.8 Å². The lowest BCUT2D eigenvalue weighted by Crippen LogP contribution is -2.47. The molecule has 15 heteroatoms. The van der Waals surface area contributed by atoms with Crippen molar-refractivity contribution in [3.63, 3.8) is 0 Å². The van der Waals surface area contributed by atoms with Crippen molar-refractivity contribution in [1.82, 2.24) is 10.2 Å². The monoisotopic (exact) mass is 693 g/mol. The number of hydrogen-bond donors (Lipinski definition) is 2. The van der Waals surface area contributed by atoms with Crippen LogP contribution in [0.3, 0.4) is 0 Å². The summed E-state index contributed by atoms with van der Waals surface area (Å²) >= 11 is 0. The lowest BCUT2D eigenvalue weighted by atomic mass is 10.0. The van der Waals surface area contributed by atoms with Crippen LogP contribution in [0.15, 0.2) is 60.7 Å². The van der Waals surface area contributed by atoms with E-state index in [-0.39, 0.29) is 17.3 Å². The van der Waals surface area contributed by atoms with E-state index in [9.17, 15) is 35.9 Å². The van der Waals surface area contributed by atoms with Gasteiger partial charge in [-0.2, -0.15) is 26.3 Å². The predicted octanol–water partition coefficient (Wildman–Crippen LogP) is 5.76. The van der Waals surface area contributed by atoms with Gasteiger partial charge in [-0.15, -0.1) is 0 Å². The summed E-state index contributed by atoms with van der Waals surface area (Å²) in [5.74, 6) is -0.887. The quantitative estimate of drug-likeness (QED) is 0.206. The molecule has 2 aliphatic heterocycles. The molecule has 0 radical (unpaired) electrons. The lowest BCUT2D eigenvalue weighted by molar-refractivity contribution is -0.143. The molecule has 3 aromatic rings. The highest BCUT2D eigenvalue weighted by molar-refractivity contribution is 6.06. The van der Waals surface area contributed by atoms with Crippen LogP contribution >= 0.6 is 0 Å². The van der Waals surface area contributed by atoms with E-state index in [2.05, 4.69) is 20.4 Å². The second kappa shape index (κ2) is 15.4. The van der Waals surface area contributed by atoms with Gasteiger partial charge in [-0.25, -0.2) is 0 Å². The fraction of sp³-hybridized carbons (Fsp3) is 0.412. The maximum Gasteiger partial charge on any atom is 0.416 e. The molecule has 2 heterocycles. The van der Waals surface area contributed by atoms with Crippen molar-refractivity contribution >= 4 is 28.9 Å². The number of para-hydroxylation sites is 2. The molecule has 5 rings (SSSR count). The van der Waals surface area contributed by atoms with Gasteiger partial charge in [-0.3, -0.25) is 14.5 Å². The Kier molecular flexibility index (Phi) is 11.2. The van der Waals surface area contributed by atoms with Crippen LogP contribution in [0.4, 0.5) is 43.4 Å². The molecular weight excluding hydrogens is 656 g/mol. The molecule has 0 aliphatic carbocycles. The molecule has 0 atom stereocenters. The van der Waals surface area contributed by atoms with Crippen LogP contribution in [0.25, 0.3) is 0 Å². The molecule has 3 aromatic carbocycles. The first-order chi connectivity index (χ1) is 23.3. The highest BCUT2D eigenvalue weighted by Crippen LogP contribution is 2.37. The van der Waals surface area contributed by atoms with Crippen LogP contribution < -0.4 is 25.2 Å². The summed E-state index contributed by atoms with van der Waals surface area (Å²) in [7, 11) is 1.60. The molecule has 9 nitrogen and oxygen atoms in total. The van der Waals surface area contributed by atoms with Crippen molar-refractivity contribution in [3.8, 4) is 5.75 Å². The van der Waals surface area contributed by atoms with Gasteiger partial charge in [-0.05, 0) is 61.5 Å². The number of alkyl halides is 6. The van der Waals surface area contributed by atoms with Gasteiger partial charge in [0.2, 0.25) is 0 Å². The molecule has 2 amide bonds. The minimum absolute atomic E-state index is 0.0332. The third kappa shape index (κ3) is 9.15. The Morgan fingerprint density at radius 3 is 2.00 bits per heavy atom. The van der Waals surface area contributed by atoms with E-state index in [0.29, 0.717) is 70.2 Å². The summed E-state index contributed by atoms with van der Waals surface area (Å²) in [4.78, 5) is 33.0. The molecule has 0 spiro atoms. The standard InChI is InChI=1S/C34H37F6N5O4/c1-48-30-6-3-2-5-29(30)45-13-11-44(12-14-45)28-8-7-26(22-27(28)32(47)41-9-4-10-43-15-17-49-18-16-43)42-31(46)23-19-24(33(35,36)37)21-25(20-23)34(38,39)40/h2-3,5-8,19-22H,4,9-18H2,1H3,(H,41,47)(H,42,46). The number of morpholine rings is 1. The van der Waals surface area contributed by atoms with E-state index >= 15 is 0 Å². The third-order valence-corrected chi connectivity index (χ3v) is 8.44. The van der Waals surface area contributed by atoms with Gasteiger partial charge >= 0.3 is 12.4 Å². The van der Waals surface area contributed by atoms with Crippen LogP contribution in [0.1, 0.15) is 38.3 Å². The zero-order chi connectivity index (χ0) is 35.2. The van der Waals surface area contributed by atoms with Crippen LogP contribution in [0.5, 0.6) is 5.75 Å². The number of amides is 2. The van der Waals surface area contributed by atoms with Gasteiger partial charge in [0.1, 0.15) is 5.75 Å². The zero-order valence-corrected chi connectivity index (χ0v) is 26.8. The fourth-order valence-electron chi connectivity index (χ4n) is 5.86. The molecule has 2 fully saturated rings. The number of hydrogen-bond acceptors (Lipinski definition) is 7. The van der Waals surface area contributed by atoms with Crippen LogP contribution in [0, 0.1) is 0 Å². The molecular formula is C34H37F6N5O4. The summed E-state index contributed by atoms with van der Waals surface area (Å²) in [5, 5.41) is 5.29. The first-order valence-electron chi connectivity index (χ1n) is 15.8. The molecule has 0 aromatic heterocycles. The normalized spacial score (nSPS) is 16.0. The first-order valence-corrected chi connectivity index (χ1v) is 15.8. The minimum atomic E-state index is -5.11. The maximum absolute atomic E-state index is 13.6. The topological polar surface area (TPSA) is 86.4 Å². The van der Waals surface area contributed by atoms with Crippen LogP contribution in [-0.4, -0.2) is 89.4 Å². The second-order valence-electron chi connectivity index (χ2n) is 11.7. The van der Waals surface area contributed by atoms with Crippen molar-refractivity contribution < 1.29 is 45.4 Å². The van der Waals surface area contributed by atoms with E-state index < -0.39 is 40.9 Å². The molecule has 49 heavy (non-hydrogen) atoms. The summed E-state index contributed by atoms with van der Waals surface area (Å²) < 4.78 is 91.4. The molecule has 2 N–H and O–H groups in total. The van der Waals surface area contributed by atoms with E-state index in [4.69, 9.17) is 9.47 Å². The van der Waals surface area contributed by atoms with Crippen molar-refractivity contribution in [2.45, 2.75) is 18.8 Å². The Balaban J connectivity index is 1.36. The van der Waals surface area contributed by atoms with Gasteiger partial charge in [0.05, 0.1) is 42.7 Å². The van der Waals surface area contributed by atoms with Gasteiger partial charge in [0.15, 0.2) is 0 Å². The second-order valence-corrected chi connectivity index (χ2v) is 11.7. The highest BCUT2D eigenvalue weighted by Gasteiger charge is 2.37. The number of methoxy groups -OCH3 is 1. The minimum Gasteiger partial charge on any atom is -0.495 e. The zero-order valence-electron chi connectivity index (χ0n) is 26.8. The molecule has 2 saturated heterocycles. The number of nitrogens with zero attached hydrogens (tertiary/aromatic N) is 3. The highest BCUT2D eigenvalue weighted by atomic mass is 19.4. The summed E-state index contributed by atoms with van der Waals surface area (Å²) in [6.07, 6.45) is -9.55. The Labute approximate surface area is 279 Å². The van der Waals surface area contributed by atoms with Crippen molar-refractivity contribution in [3.05, 3.63) is 82.9 Å². The average Bonchev–Trinajstić information content (AvgIpc) is 3.09. The fourth-order valence-corrected chi connectivity index (χ4v) is 5.86. The number of benzene rings is 3. The largest absolute Gasteiger partial charge is 0.495 e. The number of ether oxygens (including phenoxy) is 2. The predicted molar refractivity (Wildman–Crippen MR) is 172 cm³/mol. The molecule has 2 aliphatic rings. The SMILES string of the molecule is COc1ccccc1N1CCN(c2ccc(NC(=O)c3cc(C(F)(F)F)cc(C(F)(F)F)c3)cc2C(=O)NCCCN2CCOCC2)CC1. The van der Waals surface area contributed by atoms with Crippen molar-refractivity contribution in [1.29, 1.82) is 0 Å². The van der Waals surface area contributed by atoms with E-state index in [1.807, 2.05) is 29.2 Å². The van der Waals surface area contributed by atoms with Crippen LogP contribution in [-0.2, 0) is 17.1 Å². The maximum atomic E-state index is 13.6. The van der Waals surface area contributed by atoms with Crippen molar-refractivity contribution in [2.24, 2.45) is 0 Å². The van der Waals surface area contributed by atoms with Crippen LogP contribution in [0.2, 0.25) is 0 Å². The smallest absolute Gasteiger partial charge is 0.416 e. The van der Waals surface area contributed by atoms with Crippen molar-refractivity contribution in [2.75, 3.05) is 87.8 Å². The lowest BCUT2D eigenvalue weighted by Gasteiger charge is -2.38. The Hall–Kier alpha value is -4.50. The number of carbonyl (C=O) groups excluding carboxylic acids is 2. The Morgan fingerprint density at radius 2 is 1.39 bits per heavy atom. The number of halogens is 6. The third-order valence-electron chi connectivity index (χ3n) is 8.44. The molecule has 0 unspecified atom stereocenters. The summed E-state index contributed by atoms with van der Waals surface area (Å²) in [6.45, 7) is 6.30. The number of anilines is 3. The number of rotatable bonds is 10. The van der Waals surface area contributed by atoms with Gasteiger partial charge in [-0.1, -0.05) is 12.1 Å². The van der Waals surface area contributed by atoms with E-state index in [0.717, 1.165) is 31.1 Å². The Bertz CT molecular complexity index is 1590.